The Morgan fingerprint density at radius 3 is 2.87 bits per heavy atom. The molecule has 1 aromatic rings. The molecule has 0 unspecified atom stereocenters. The van der Waals surface area contributed by atoms with Gasteiger partial charge in [-0.15, -0.1) is 6.58 Å². The maximum atomic E-state index is 5.81. The maximum absolute atomic E-state index is 5.81. The van der Waals surface area contributed by atoms with Crippen molar-refractivity contribution in [1.82, 2.24) is 0 Å². The SMILES string of the molecule is C=C[C@@H]1CCCO[C@H]1Cc1ccccc1. The largest absolute Gasteiger partial charge is 0.377 e. The molecule has 1 heterocycles. The first-order valence-electron chi connectivity index (χ1n) is 5.68. The summed E-state index contributed by atoms with van der Waals surface area (Å²) >= 11 is 0. The number of hydrogen-bond acceptors (Lipinski definition) is 1. The minimum absolute atomic E-state index is 0.332. The first-order valence-corrected chi connectivity index (χ1v) is 5.68. The molecule has 0 amide bonds. The molecule has 0 bridgehead atoms. The summed E-state index contributed by atoms with van der Waals surface area (Å²) in [4.78, 5) is 0. The molecule has 2 atom stereocenters. The van der Waals surface area contributed by atoms with Gasteiger partial charge in [0.05, 0.1) is 6.10 Å². The van der Waals surface area contributed by atoms with Crippen molar-refractivity contribution in [2.75, 3.05) is 6.61 Å². The smallest absolute Gasteiger partial charge is 0.0677 e. The number of ether oxygens (including phenoxy) is 1. The Morgan fingerprint density at radius 1 is 1.33 bits per heavy atom. The van der Waals surface area contributed by atoms with Crippen LogP contribution >= 0.6 is 0 Å². The zero-order chi connectivity index (χ0) is 10.5. The van der Waals surface area contributed by atoms with Crippen molar-refractivity contribution in [3.8, 4) is 0 Å². The normalized spacial score (nSPS) is 26.1. The van der Waals surface area contributed by atoms with E-state index in [1.165, 1.54) is 18.4 Å². The van der Waals surface area contributed by atoms with Crippen LogP contribution in [0.4, 0.5) is 0 Å². The van der Waals surface area contributed by atoms with Gasteiger partial charge in [-0.25, -0.2) is 0 Å². The van der Waals surface area contributed by atoms with Crippen molar-refractivity contribution in [3.05, 3.63) is 48.6 Å². The van der Waals surface area contributed by atoms with E-state index < -0.39 is 0 Å². The van der Waals surface area contributed by atoms with Crippen LogP contribution in [0.1, 0.15) is 18.4 Å². The van der Waals surface area contributed by atoms with Crippen molar-refractivity contribution in [3.63, 3.8) is 0 Å². The summed E-state index contributed by atoms with van der Waals surface area (Å²) < 4.78 is 5.81. The summed E-state index contributed by atoms with van der Waals surface area (Å²) in [5.74, 6) is 0.527. The third-order valence-corrected chi connectivity index (χ3v) is 3.07. The Balaban J connectivity index is 2.00. The molecule has 1 nitrogen and oxygen atoms in total. The summed E-state index contributed by atoms with van der Waals surface area (Å²) in [5, 5.41) is 0. The fourth-order valence-corrected chi connectivity index (χ4v) is 2.19. The fourth-order valence-electron chi connectivity index (χ4n) is 2.19. The van der Waals surface area contributed by atoms with Gasteiger partial charge in [0.2, 0.25) is 0 Å². The quantitative estimate of drug-likeness (QED) is 0.684. The lowest BCUT2D eigenvalue weighted by Crippen LogP contribution is -2.30. The maximum Gasteiger partial charge on any atom is 0.0677 e. The molecule has 80 valence electrons. The fraction of sp³-hybridized carbons (Fsp3) is 0.429. The first kappa shape index (κ1) is 10.4. The monoisotopic (exact) mass is 202 g/mol. The second-order valence-corrected chi connectivity index (χ2v) is 4.14. The predicted molar refractivity (Wildman–Crippen MR) is 62.8 cm³/mol. The van der Waals surface area contributed by atoms with Crippen LogP contribution in [0.2, 0.25) is 0 Å². The van der Waals surface area contributed by atoms with Gasteiger partial charge in [0.15, 0.2) is 0 Å². The van der Waals surface area contributed by atoms with Gasteiger partial charge in [-0.05, 0) is 24.8 Å². The summed E-state index contributed by atoms with van der Waals surface area (Å²) in [7, 11) is 0. The molecule has 0 radical (unpaired) electrons. The molecule has 1 aliphatic rings. The lowest BCUT2D eigenvalue weighted by atomic mass is 9.90. The average Bonchev–Trinajstić information content (AvgIpc) is 2.31. The van der Waals surface area contributed by atoms with Crippen LogP contribution in [-0.2, 0) is 11.2 Å². The molecule has 1 aromatic carbocycles. The van der Waals surface area contributed by atoms with Crippen LogP contribution in [0.3, 0.4) is 0 Å². The zero-order valence-electron chi connectivity index (χ0n) is 9.06. The van der Waals surface area contributed by atoms with E-state index in [1.807, 2.05) is 6.08 Å². The van der Waals surface area contributed by atoms with Gasteiger partial charge < -0.3 is 4.74 Å². The zero-order valence-corrected chi connectivity index (χ0v) is 9.06. The van der Waals surface area contributed by atoms with Gasteiger partial charge in [0, 0.05) is 12.5 Å². The molecule has 0 aliphatic carbocycles. The molecule has 0 saturated carbocycles. The molecule has 2 rings (SSSR count). The second-order valence-electron chi connectivity index (χ2n) is 4.14. The lowest BCUT2D eigenvalue weighted by molar-refractivity contribution is -0.00994. The van der Waals surface area contributed by atoms with E-state index in [9.17, 15) is 0 Å². The molecule has 1 saturated heterocycles. The van der Waals surface area contributed by atoms with Gasteiger partial charge in [-0.2, -0.15) is 0 Å². The first-order chi connectivity index (χ1) is 7.40. The lowest BCUT2D eigenvalue weighted by Gasteiger charge is -2.29. The van der Waals surface area contributed by atoms with E-state index in [1.54, 1.807) is 0 Å². The van der Waals surface area contributed by atoms with E-state index in [-0.39, 0.29) is 0 Å². The van der Waals surface area contributed by atoms with Crippen molar-refractivity contribution in [1.29, 1.82) is 0 Å². The van der Waals surface area contributed by atoms with Crippen molar-refractivity contribution < 1.29 is 4.74 Å². The highest BCUT2D eigenvalue weighted by molar-refractivity contribution is 5.16. The van der Waals surface area contributed by atoms with Crippen LogP contribution in [-0.4, -0.2) is 12.7 Å². The van der Waals surface area contributed by atoms with Gasteiger partial charge in [-0.1, -0.05) is 36.4 Å². The Hall–Kier alpha value is -1.08. The Morgan fingerprint density at radius 2 is 2.13 bits per heavy atom. The summed E-state index contributed by atoms with van der Waals surface area (Å²) in [6, 6.07) is 10.6. The number of benzene rings is 1. The molecule has 1 fully saturated rings. The standard InChI is InChI=1S/C14H18O/c1-2-13-9-6-10-15-14(13)11-12-7-4-3-5-8-12/h2-5,7-8,13-14H,1,6,9-11H2/t13-,14+/m1/s1. The molecular weight excluding hydrogens is 184 g/mol. The van der Waals surface area contributed by atoms with Gasteiger partial charge in [0.1, 0.15) is 0 Å². The van der Waals surface area contributed by atoms with Gasteiger partial charge >= 0.3 is 0 Å². The third-order valence-electron chi connectivity index (χ3n) is 3.07. The molecule has 1 aliphatic heterocycles. The van der Waals surface area contributed by atoms with Gasteiger partial charge in [-0.3, -0.25) is 0 Å². The second kappa shape index (κ2) is 5.13. The minimum atomic E-state index is 0.332. The molecule has 0 N–H and O–H groups in total. The van der Waals surface area contributed by atoms with E-state index in [2.05, 4.69) is 36.9 Å². The van der Waals surface area contributed by atoms with Crippen molar-refractivity contribution in [2.24, 2.45) is 5.92 Å². The molecular formula is C14H18O. The molecule has 0 aromatic heterocycles. The molecule has 15 heavy (non-hydrogen) atoms. The summed E-state index contributed by atoms with van der Waals surface area (Å²) in [6.07, 6.45) is 5.78. The van der Waals surface area contributed by atoms with Gasteiger partial charge in [0.25, 0.3) is 0 Å². The van der Waals surface area contributed by atoms with Crippen LogP contribution in [0.15, 0.2) is 43.0 Å². The van der Waals surface area contributed by atoms with Crippen LogP contribution in [0, 0.1) is 5.92 Å². The van der Waals surface area contributed by atoms with Crippen LogP contribution in [0.25, 0.3) is 0 Å². The number of hydrogen-bond donors (Lipinski definition) is 0. The van der Waals surface area contributed by atoms with Crippen LogP contribution in [0.5, 0.6) is 0 Å². The molecule has 1 heteroatoms. The summed E-state index contributed by atoms with van der Waals surface area (Å²) in [6.45, 7) is 4.80. The topological polar surface area (TPSA) is 9.23 Å². The third kappa shape index (κ3) is 2.69. The predicted octanol–water partition coefficient (Wildman–Crippen LogP) is 3.21. The Kier molecular flexibility index (Phi) is 3.57. The minimum Gasteiger partial charge on any atom is -0.377 e. The average molecular weight is 202 g/mol. The Bertz CT molecular complexity index is 304. The van der Waals surface area contributed by atoms with Crippen molar-refractivity contribution >= 4 is 0 Å². The molecule has 0 spiro atoms. The van der Waals surface area contributed by atoms with Crippen LogP contribution < -0.4 is 0 Å². The van der Waals surface area contributed by atoms with E-state index >= 15 is 0 Å². The highest BCUT2D eigenvalue weighted by Crippen LogP contribution is 2.24. The van der Waals surface area contributed by atoms with E-state index in [4.69, 9.17) is 4.74 Å². The van der Waals surface area contributed by atoms with Crippen molar-refractivity contribution in [2.45, 2.75) is 25.4 Å². The number of rotatable bonds is 3. The van der Waals surface area contributed by atoms with E-state index in [0.29, 0.717) is 12.0 Å². The highest BCUT2D eigenvalue weighted by Gasteiger charge is 2.23. The summed E-state index contributed by atoms with van der Waals surface area (Å²) in [5.41, 5.74) is 1.36. The van der Waals surface area contributed by atoms with E-state index in [0.717, 1.165) is 13.0 Å². The highest BCUT2D eigenvalue weighted by atomic mass is 16.5. The Labute approximate surface area is 91.8 Å².